The standard InChI is InChI=1S/C20H25N5O7S2/c1-9(32-18(29)20(2,3)4)31-17(28)11-6-7-33-16-13(15(27)25(11)16)23-14(26)12(24-30-5)10-8-34-19(21)22-10/h6,8-9,13,16H,7H2,1-5H3,(H2,21,22)(H,23,26)/t9?,13?,16-/m0/s1. The van der Waals surface area contributed by atoms with Gasteiger partial charge in [0.1, 0.15) is 29.9 Å². The number of oxime groups is 1. The van der Waals surface area contributed by atoms with Gasteiger partial charge in [0.25, 0.3) is 11.8 Å². The summed E-state index contributed by atoms with van der Waals surface area (Å²) in [4.78, 5) is 60.3. The number of rotatable bonds is 7. The highest BCUT2D eigenvalue weighted by molar-refractivity contribution is 8.00. The lowest BCUT2D eigenvalue weighted by atomic mass is 9.97. The van der Waals surface area contributed by atoms with E-state index in [-0.39, 0.29) is 22.2 Å². The van der Waals surface area contributed by atoms with Crippen molar-refractivity contribution in [2.75, 3.05) is 18.6 Å². The normalized spacial score (nSPS) is 21.0. The fraction of sp³-hybridized carbons (Fsp3) is 0.500. The van der Waals surface area contributed by atoms with E-state index >= 15 is 0 Å². The summed E-state index contributed by atoms with van der Waals surface area (Å²) in [6, 6.07) is -0.900. The maximum Gasteiger partial charge on any atom is 0.357 e. The molecule has 3 N–H and O–H groups in total. The van der Waals surface area contributed by atoms with E-state index in [1.807, 2.05) is 0 Å². The Morgan fingerprint density at radius 1 is 1.32 bits per heavy atom. The van der Waals surface area contributed by atoms with Gasteiger partial charge < -0.3 is 25.4 Å². The maximum atomic E-state index is 12.8. The zero-order valence-corrected chi connectivity index (χ0v) is 20.8. The average molecular weight is 512 g/mol. The number of ether oxygens (including phenoxy) is 2. The first-order chi connectivity index (χ1) is 15.9. The number of carbonyl (C=O) groups is 4. The minimum atomic E-state index is -1.14. The van der Waals surface area contributed by atoms with Gasteiger partial charge >= 0.3 is 11.9 Å². The van der Waals surface area contributed by atoms with Crippen LogP contribution in [0, 0.1) is 5.41 Å². The zero-order chi connectivity index (χ0) is 25.2. The molecule has 3 rings (SSSR count). The van der Waals surface area contributed by atoms with Crippen LogP contribution in [0.3, 0.4) is 0 Å². The molecule has 0 spiro atoms. The van der Waals surface area contributed by atoms with Gasteiger partial charge in [0.15, 0.2) is 10.8 Å². The third kappa shape index (κ3) is 5.33. The second-order valence-electron chi connectivity index (χ2n) is 8.29. The van der Waals surface area contributed by atoms with Crippen molar-refractivity contribution in [3.05, 3.63) is 22.8 Å². The van der Waals surface area contributed by atoms with Gasteiger partial charge in [-0.25, -0.2) is 9.78 Å². The first-order valence-electron chi connectivity index (χ1n) is 10.1. The lowest BCUT2D eigenvalue weighted by molar-refractivity contribution is -0.189. The Morgan fingerprint density at radius 3 is 2.62 bits per heavy atom. The summed E-state index contributed by atoms with van der Waals surface area (Å²) >= 11 is 2.49. The minimum absolute atomic E-state index is 0.0240. The number of thioether (sulfide) groups is 1. The van der Waals surface area contributed by atoms with Crippen LogP contribution >= 0.6 is 23.1 Å². The molecule has 2 aliphatic heterocycles. The second kappa shape index (κ2) is 10.0. The summed E-state index contributed by atoms with van der Waals surface area (Å²) in [5.74, 6) is -2.10. The number of hydrogen-bond acceptors (Lipinski definition) is 12. The van der Waals surface area contributed by atoms with E-state index in [4.69, 9.17) is 20.0 Å². The third-order valence-electron chi connectivity index (χ3n) is 4.66. The Bertz CT molecular complexity index is 1060. The summed E-state index contributed by atoms with van der Waals surface area (Å²) < 4.78 is 10.3. The quantitative estimate of drug-likeness (QED) is 0.176. The van der Waals surface area contributed by atoms with E-state index in [2.05, 4.69) is 15.5 Å². The molecule has 0 aliphatic carbocycles. The van der Waals surface area contributed by atoms with E-state index < -0.39 is 46.9 Å². The van der Waals surface area contributed by atoms with E-state index in [1.165, 1.54) is 30.7 Å². The van der Waals surface area contributed by atoms with Crippen molar-refractivity contribution in [1.29, 1.82) is 0 Å². The number of esters is 2. The number of carbonyl (C=O) groups excluding carboxylic acids is 4. The van der Waals surface area contributed by atoms with Gasteiger partial charge in [0.2, 0.25) is 6.29 Å². The first-order valence-corrected chi connectivity index (χ1v) is 12.1. The van der Waals surface area contributed by atoms with Gasteiger partial charge in [0.05, 0.1) is 5.41 Å². The number of nitrogens with zero attached hydrogens (tertiary/aromatic N) is 3. The lowest BCUT2D eigenvalue weighted by Crippen LogP contribution is -2.70. The van der Waals surface area contributed by atoms with Gasteiger partial charge in [0, 0.05) is 18.1 Å². The largest absolute Gasteiger partial charge is 0.425 e. The molecular weight excluding hydrogens is 486 g/mol. The summed E-state index contributed by atoms with van der Waals surface area (Å²) in [6.07, 6.45) is 0.409. The summed E-state index contributed by atoms with van der Waals surface area (Å²) in [6.45, 7) is 6.44. The van der Waals surface area contributed by atoms with Crippen LogP contribution in [0.2, 0.25) is 0 Å². The van der Waals surface area contributed by atoms with Gasteiger partial charge in [-0.15, -0.1) is 23.1 Å². The van der Waals surface area contributed by atoms with Crippen LogP contribution in [0.4, 0.5) is 5.13 Å². The van der Waals surface area contributed by atoms with E-state index in [0.717, 1.165) is 11.3 Å². The fourth-order valence-corrected chi connectivity index (χ4v) is 4.74. The van der Waals surface area contributed by atoms with Crippen molar-refractivity contribution >= 4 is 57.7 Å². The van der Waals surface area contributed by atoms with Crippen LogP contribution < -0.4 is 11.1 Å². The average Bonchev–Trinajstić information content (AvgIpc) is 3.19. The maximum absolute atomic E-state index is 12.8. The predicted octanol–water partition coefficient (Wildman–Crippen LogP) is 0.838. The van der Waals surface area contributed by atoms with Crippen molar-refractivity contribution < 1.29 is 33.5 Å². The predicted molar refractivity (Wildman–Crippen MR) is 124 cm³/mol. The third-order valence-corrected chi connectivity index (χ3v) is 6.52. The number of nitrogen functional groups attached to an aromatic ring is 1. The monoisotopic (exact) mass is 511 g/mol. The van der Waals surface area contributed by atoms with Crippen LogP contribution in [0.15, 0.2) is 22.3 Å². The van der Waals surface area contributed by atoms with Gasteiger partial charge in [-0.3, -0.25) is 19.3 Å². The molecule has 1 saturated heterocycles. The highest BCUT2D eigenvalue weighted by Gasteiger charge is 2.53. The number of nitrogens with one attached hydrogen (secondary N) is 1. The zero-order valence-electron chi connectivity index (χ0n) is 19.2. The molecule has 2 aliphatic rings. The molecule has 0 bridgehead atoms. The van der Waals surface area contributed by atoms with Crippen molar-refractivity contribution in [3.8, 4) is 0 Å². The molecule has 12 nitrogen and oxygen atoms in total. The molecule has 0 radical (unpaired) electrons. The molecule has 1 aromatic heterocycles. The van der Waals surface area contributed by atoms with E-state index in [9.17, 15) is 19.2 Å². The van der Waals surface area contributed by atoms with E-state index in [1.54, 1.807) is 32.2 Å². The van der Waals surface area contributed by atoms with Crippen molar-refractivity contribution in [2.24, 2.45) is 10.6 Å². The Kier molecular flexibility index (Phi) is 7.51. The molecule has 1 aromatic rings. The molecule has 3 heterocycles. The Morgan fingerprint density at radius 2 is 2.03 bits per heavy atom. The molecule has 0 aromatic carbocycles. The topological polar surface area (TPSA) is 163 Å². The van der Waals surface area contributed by atoms with Crippen molar-refractivity contribution in [1.82, 2.24) is 15.2 Å². The van der Waals surface area contributed by atoms with Gasteiger partial charge in [-0.1, -0.05) is 5.16 Å². The lowest BCUT2D eigenvalue weighted by Gasteiger charge is -2.48. The Labute approximate surface area is 203 Å². The Hall–Kier alpha value is -3.13. The number of β-lactam (4-membered cyclic amide) rings is 1. The Balaban J connectivity index is 1.64. The van der Waals surface area contributed by atoms with Crippen LogP contribution in [0.1, 0.15) is 33.4 Å². The molecule has 0 saturated carbocycles. The van der Waals surface area contributed by atoms with E-state index in [0.29, 0.717) is 5.75 Å². The molecule has 184 valence electrons. The highest BCUT2D eigenvalue weighted by Crippen LogP contribution is 2.38. The fourth-order valence-electron chi connectivity index (χ4n) is 2.99. The minimum Gasteiger partial charge on any atom is -0.425 e. The number of fused-ring (bicyclic) bond motifs is 1. The smallest absolute Gasteiger partial charge is 0.357 e. The molecular formula is C20H25N5O7S2. The summed E-state index contributed by atoms with van der Waals surface area (Å²) in [5.41, 5.74) is 4.97. The molecule has 1 fully saturated rings. The van der Waals surface area contributed by atoms with Crippen molar-refractivity contribution in [2.45, 2.75) is 45.4 Å². The first kappa shape index (κ1) is 25.5. The second-order valence-corrected chi connectivity index (χ2v) is 10.3. The van der Waals surface area contributed by atoms with Crippen LogP contribution in [-0.4, -0.2) is 69.9 Å². The van der Waals surface area contributed by atoms with Crippen LogP contribution in [0.5, 0.6) is 0 Å². The summed E-state index contributed by atoms with van der Waals surface area (Å²) in [5, 5.41) is 7.58. The number of nitrogens with two attached hydrogens (primary N) is 1. The molecule has 3 atom stereocenters. The molecule has 2 amide bonds. The van der Waals surface area contributed by atoms with Crippen LogP contribution in [0.25, 0.3) is 0 Å². The molecule has 14 heteroatoms. The highest BCUT2D eigenvalue weighted by atomic mass is 32.2. The SMILES string of the molecule is CON=C(C(=O)NC1C(=O)N2C(C(=O)OC(C)OC(=O)C(C)(C)C)=CCS[C@@H]12)c1csc(N)n1. The van der Waals surface area contributed by atoms with Crippen LogP contribution in [-0.2, 0) is 33.5 Å². The summed E-state index contributed by atoms with van der Waals surface area (Å²) in [7, 11) is 1.28. The number of thiazole rings is 1. The molecule has 34 heavy (non-hydrogen) atoms. The van der Waals surface area contributed by atoms with Gasteiger partial charge in [-0.2, -0.15) is 0 Å². The number of aromatic nitrogens is 1. The number of anilines is 1. The number of hydrogen-bond donors (Lipinski definition) is 2. The molecule has 2 unspecified atom stereocenters. The number of amides is 2. The van der Waals surface area contributed by atoms with Gasteiger partial charge in [-0.05, 0) is 26.8 Å². The van der Waals surface area contributed by atoms with Crippen molar-refractivity contribution in [3.63, 3.8) is 0 Å².